The molecule has 2 rings (SSSR count). The molecule has 0 saturated carbocycles. The molecule has 0 heterocycles. The molecule has 1 atom stereocenters. The van der Waals surface area contributed by atoms with Crippen LogP contribution in [-0.4, -0.2) is 17.9 Å². The number of nitrogens with two attached hydrogens (primary N) is 1. The molecule has 1 amide bonds. The first-order chi connectivity index (χ1) is 11.9. The van der Waals surface area contributed by atoms with Crippen molar-refractivity contribution >= 4 is 56.7 Å². The summed E-state index contributed by atoms with van der Waals surface area (Å²) in [4.78, 5) is 23.9. The largest absolute Gasteiger partial charge is 0.461 e. The number of nitrogens with one attached hydrogen (secondary N) is 1. The summed E-state index contributed by atoms with van der Waals surface area (Å²) < 4.78 is 5.71. The zero-order valence-electron chi connectivity index (χ0n) is 13.0. The van der Waals surface area contributed by atoms with Gasteiger partial charge in [0, 0.05) is 4.47 Å². The van der Waals surface area contributed by atoms with Crippen molar-refractivity contribution in [2.75, 3.05) is 5.32 Å². The van der Waals surface area contributed by atoms with E-state index in [0.717, 1.165) is 5.56 Å². The molecule has 0 aliphatic heterocycles. The van der Waals surface area contributed by atoms with Crippen LogP contribution in [0.25, 0.3) is 0 Å². The Morgan fingerprint density at radius 1 is 1.12 bits per heavy atom. The molecule has 0 aliphatic rings. The summed E-state index contributed by atoms with van der Waals surface area (Å²) in [5.74, 6) is -1.12. The van der Waals surface area contributed by atoms with E-state index in [4.69, 9.17) is 33.7 Å². The lowest BCUT2D eigenvalue weighted by atomic mass is 10.2. The van der Waals surface area contributed by atoms with E-state index in [2.05, 4.69) is 21.2 Å². The van der Waals surface area contributed by atoms with Gasteiger partial charge in [-0.15, -0.1) is 0 Å². The highest BCUT2D eigenvalue weighted by molar-refractivity contribution is 9.10. The van der Waals surface area contributed by atoms with Crippen LogP contribution < -0.4 is 11.1 Å². The average molecular weight is 446 g/mol. The van der Waals surface area contributed by atoms with Gasteiger partial charge in [0.1, 0.15) is 6.61 Å². The molecule has 0 aromatic heterocycles. The van der Waals surface area contributed by atoms with Crippen molar-refractivity contribution in [1.29, 1.82) is 0 Å². The lowest BCUT2D eigenvalue weighted by molar-refractivity contribution is -0.146. The van der Waals surface area contributed by atoms with E-state index in [9.17, 15) is 9.59 Å². The fraction of sp³-hybridized carbons (Fsp3) is 0.176. The second kappa shape index (κ2) is 9.20. The third-order valence-corrected chi connectivity index (χ3v) is 5.03. The summed E-state index contributed by atoms with van der Waals surface area (Å²) in [7, 11) is 0. The number of halogens is 3. The number of hydrogen-bond acceptors (Lipinski definition) is 4. The van der Waals surface area contributed by atoms with E-state index < -0.39 is 17.9 Å². The van der Waals surface area contributed by atoms with E-state index in [1.165, 1.54) is 0 Å². The Labute approximate surface area is 163 Å². The standard InChI is InChI=1S/C17H15BrCl2N2O3/c18-11-6-7-13(16(20)15(11)19)22-17(24)12(21)8-14(23)25-9-10-4-2-1-3-5-10/h1-7,12H,8-9,21H2,(H,22,24)/t12-/m0/s1. The molecule has 0 spiro atoms. The molecule has 0 radical (unpaired) electrons. The lowest BCUT2D eigenvalue weighted by Gasteiger charge is -2.14. The van der Waals surface area contributed by atoms with E-state index in [0.29, 0.717) is 10.2 Å². The quantitative estimate of drug-likeness (QED) is 0.516. The Hall–Kier alpha value is -1.60. The molecule has 2 aromatic carbocycles. The highest BCUT2D eigenvalue weighted by atomic mass is 79.9. The molecule has 3 N–H and O–H groups in total. The number of benzene rings is 2. The minimum atomic E-state index is -1.07. The maximum absolute atomic E-state index is 12.1. The number of rotatable bonds is 6. The molecule has 0 unspecified atom stereocenters. The zero-order chi connectivity index (χ0) is 18.4. The highest BCUT2D eigenvalue weighted by Gasteiger charge is 2.20. The topological polar surface area (TPSA) is 81.4 Å². The molecule has 132 valence electrons. The van der Waals surface area contributed by atoms with Gasteiger partial charge in [-0.25, -0.2) is 0 Å². The number of anilines is 1. The van der Waals surface area contributed by atoms with Crippen LogP contribution in [0.15, 0.2) is 46.9 Å². The van der Waals surface area contributed by atoms with Gasteiger partial charge in [-0.1, -0.05) is 53.5 Å². The normalized spacial score (nSPS) is 11.7. The van der Waals surface area contributed by atoms with Crippen LogP contribution in [0.1, 0.15) is 12.0 Å². The van der Waals surface area contributed by atoms with Gasteiger partial charge in [-0.3, -0.25) is 9.59 Å². The summed E-state index contributed by atoms with van der Waals surface area (Å²) in [5, 5.41) is 3.01. The first-order valence-corrected chi connectivity index (χ1v) is 8.83. The van der Waals surface area contributed by atoms with Crippen molar-refractivity contribution in [3.8, 4) is 0 Å². The third kappa shape index (κ3) is 5.71. The van der Waals surface area contributed by atoms with Crippen molar-refractivity contribution in [2.45, 2.75) is 19.1 Å². The molecular weight excluding hydrogens is 431 g/mol. The van der Waals surface area contributed by atoms with Crippen molar-refractivity contribution in [3.63, 3.8) is 0 Å². The first kappa shape index (κ1) is 19.7. The van der Waals surface area contributed by atoms with Gasteiger partial charge in [0.25, 0.3) is 0 Å². The van der Waals surface area contributed by atoms with Gasteiger partial charge in [0.15, 0.2) is 0 Å². The summed E-state index contributed by atoms with van der Waals surface area (Å²) >= 11 is 15.3. The molecule has 0 aliphatic carbocycles. The fourth-order valence-electron chi connectivity index (χ4n) is 1.92. The van der Waals surface area contributed by atoms with Crippen molar-refractivity contribution in [2.24, 2.45) is 5.73 Å². The molecule has 5 nitrogen and oxygen atoms in total. The Kier molecular flexibility index (Phi) is 7.25. The number of esters is 1. The molecule has 8 heteroatoms. The molecule has 0 bridgehead atoms. The van der Waals surface area contributed by atoms with Crippen molar-refractivity contribution in [1.82, 2.24) is 0 Å². The SMILES string of the molecule is N[C@@H](CC(=O)OCc1ccccc1)C(=O)Nc1ccc(Br)c(Cl)c1Cl. The van der Waals surface area contributed by atoms with Crippen LogP contribution in [0.4, 0.5) is 5.69 Å². The van der Waals surface area contributed by atoms with Crippen LogP contribution in [0.2, 0.25) is 10.0 Å². The van der Waals surface area contributed by atoms with E-state index in [1.807, 2.05) is 30.3 Å². The highest BCUT2D eigenvalue weighted by Crippen LogP contribution is 2.35. The summed E-state index contributed by atoms with van der Waals surface area (Å²) in [6.45, 7) is 0.127. The van der Waals surface area contributed by atoms with Crippen molar-refractivity contribution < 1.29 is 14.3 Å². The smallest absolute Gasteiger partial charge is 0.308 e. The maximum atomic E-state index is 12.1. The predicted molar refractivity (Wildman–Crippen MR) is 102 cm³/mol. The summed E-state index contributed by atoms with van der Waals surface area (Å²) in [5.41, 5.74) is 6.92. The number of ether oxygens (including phenoxy) is 1. The molecule has 2 aromatic rings. The summed E-state index contributed by atoms with van der Waals surface area (Å²) in [6, 6.07) is 11.4. The predicted octanol–water partition coefficient (Wildman–Crippen LogP) is 4.16. The molecular formula is C17H15BrCl2N2O3. The van der Waals surface area contributed by atoms with Gasteiger partial charge >= 0.3 is 5.97 Å². The number of amides is 1. The zero-order valence-corrected chi connectivity index (χ0v) is 16.1. The van der Waals surface area contributed by atoms with Crippen LogP contribution in [0, 0.1) is 0 Å². The number of carbonyl (C=O) groups is 2. The average Bonchev–Trinajstić information content (AvgIpc) is 2.61. The second-order valence-corrected chi connectivity index (χ2v) is 6.78. The Morgan fingerprint density at radius 2 is 1.80 bits per heavy atom. The minimum absolute atomic E-state index is 0.127. The van der Waals surface area contributed by atoms with Gasteiger partial charge in [-0.2, -0.15) is 0 Å². The first-order valence-electron chi connectivity index (χ1n) is 7.28. The minimum Gasteiger partial charge on any atom is -0.461 e. The van der Waals surface area contributed by atoms with Gasteiger partial charge in [-0.05, 0) is 33.6 Å². The van der Waals surface area contributed by atoms with E-state index >= 15 is 0 Å². The Morgan fingerprint density at radius 3 is 2.48 bits per heavy atom. The Balaban J connectivity index is 1.87. The monoisotopic (exact) mass is 444 g/mol. The van der Waals surface area contributed by atoms with Gasteiger partial charge in [0.2, 0.25) is 5.91 Å². The molecule has 0 fully saturated rings. The van der Waals surface area contributed by atoms with Crippen LogP contribution in [0.5, 0.6) is 0 Å². The van der Waals surface area contributed by atoms with E-state index in [1.54, 1.807) is 12.1 Å². The number of hydrogen-bond donors (Lipinski definition) is 2. The second-order valence-electron chi connectivity index (χ2n) is 5.17. The van der Waals surface area contributed by atoms with Crippen LogP contribution in [-0.2, 0) is 20.9 Å². The van der Waals surface area contributed by atoms with Crippen LogP contribution >= 0.6 is 39.1 Å². The van der Waals surface area contributed by atoms with Gasteiger partial charge in [0.05, 0.1) is 28.2 Å². The summed E-state index contributed by atoms with van der Waals surface area (Å²) in [6.07, 6.45) is -0.249. The fourth-order valence-corrected chi connectivity index (χ4v) is 2.74. The van der Waals surface area contributed by atoms with E-state index in [-0.39, 0.29) is 23.1 Å². The lowest BCUT2D eigenvalue weighted by Crippen LogP contribution is -2.37. The molecule has 0 saturated heterocycles. The maximum Gasteiger partial charge on any atom is 0.308 e. The van der Waals surface area contributed by atoms with Gasteiger partial charge < -0.3 is 15.8 Å². The third-order valence-electron chi connectivity index (χ3n) is 3.26. The molecule has 25 heavy (non-hydrogen) atoms. The van der Waals surface area contributed by atoms with Crippen molar-refractivity contribution in [3.05, 3.63) is 62.5 Å². The Bertz CT molecular complexity index is 772. The number of carbonyl (C=O) groups excluding carboxylic acids is 2. The van der Waals surface area contributed by atoms with Crippen LogP contribution in [0.3, 0.4) is 0 Å².